The highest BCUT2D eigenvalue weighted by atomic mass is 16.5. The minimum absolute atomic E-state index is 0.0585. The lowest BCUT2D eigenvalue weighted by Crippen LogP contribution is -2.49. The van der Waals surface area contributed by atoms with Crippen LogP contribution < -0.4 is 14.8 Å². The van der Waals surface area contributed by atoms with Crippen LogP contribution in [0.2, 0.25) is 0 Å². The van der Waals surface area contributed by atoms with Crippen LogP contribution in [0.3, 0.4) is 0 Å². The van der Waals surface area contributed by atoms with E-state index in [4.69, 9.17) is 14.2 Å². The maximum Gasteiger partial charge on any atom is 0.320 e. The molecule has 8 nitrogen and oxygen atoms in total. The summed E-state index contributed by atoms with van der Waals surface area (Å²) in [4.78, 5) is 42.2. The molecule has 0 radical (unpaired) electrons. The van der Waals surface area contributed by atoms with Gasteiger partial charge in [-0.05, 0) is 60.6 Å². The third kappa shape index (κ3) is 5.26. The minimum atomic E-state index is -0.957. The van der Waals surface area contributed by atoms with Crippen LogP contribution in [-0.2, 0) is 19.7 Å². The van der Waals surface area contributed by atoms with Crippen LogP contribution in [0.5, 0.6) is 11.5 Å². The number of rotatable bonds is 7. The number of amides is 2. The van der Waals surface area contributed by atoms with Crippen molar-refractivity contribution in [2.24, 2.45) is 0 Å². The fourth-order valence-corrected chi connectivity index (χ4v) is 6.34. The zero-order valence-corrected chi connectivity index (χ0v) is 23.7. The number of carbonyl (C=O) groups is 3. The number of nitrogens with one attached hydrogen (secondary N) is 1. The number of esters is 1. The first-order chi connectivity index (χ1) is 19.9. The molecule has 0 bridgehead atoms. The van der Waals surface area contributed by atoms with Gasteiger partial charge in [-0.3, -0.25) is 14.4 Å². The van der Waals surface area contributed by atoms with E-state index in [1.165, 1.54) is 14.2 Å². The molecule has 0 aromatic heterocycles. The molecule has 2 aliphatic rings. The Morgan fingerprint density at radius 1 is 0.854 bits per heavy atom. The van der Waals surface area contributed by atoms with Crippen molar-refractivity contribution in [3.8, 4) is 11.5 Å². The molecule has 8 heteroatoms. The standard InChI is InChI=1S/C33H36N2O6/c1-39-24-13-14-29(40-2)27(21-24)30(36)34-23-16-19-35(20-17-23)31(37)26-15-18-33(32(38)41-3,22-9-5-4-6-10-22)28-12-8-7-11-25(26)28/h4-14,21,23,26H,15-20H2,1-3H3,(H,34,36)/t26-,33+/m1/s1. The van der Waals surface area contributed by atoms with E-state index < -0.39 is 5.41 Å². The quantitative estimate of drug-likeness (QED) is 0.432. The summed E-state index contributed by atoms with van der Waals surface area (Å²) >= 11 is 0. The lowest BCUT2D eigenvalue weighted by Gasteiger charge is -2.42. The summed E-state index contributed by atoms with van der Waals surface area (Å²) < 4.78 is 16.0. The van der Waals surface area contributed by atoms with Crippen molar-refractivity contribution in [2.45, 2.75) is 43.1 Å². The Balaban J connectivity index is 1.31. The number of ether oxygens (including phenoxy) is 3. The predicted octanol–water partition coefficient (Wildman–Crippen LogP) is 4.46. The lowest BCUT2D eigenvalue weighted by molar-refractivity contribution is -0.147. The molecule has 1 aliphatic heterocycles. The van der Waals surface area contributed by atoms with Gasteiger partial charge in [0, 0.05) is 19.1 Å². The third-order valence-corrected chi connectivity index (χ3v) is 8.50. The van der Waals surface area contributed by atoms with Crippen LogP contribution in [0, 0.1) is 0 Å². The number of fused-ring (bicyclic) bond motifs is 1. The van der Waals surface area contributed by atoms with Crippen molar-refractivity contribution in [1.29, 1.82) is 0 Å². The maximum atomic E-state index is 13.9. The molecule has 1 fully saturated rings. The lowest BCUT2D eigenvalue weighted by atomic mass is 9.63. The second-order valence-corrected chi connectivity index (χ2v) is 10.6. The highest BCUT2D eigenvalue weighted by molar-refractivity contribution is 5.97. The summed E-state index contributed by atoms with van der Waals surface area (Å²) in [7, 11) is 4.50. The Labute approximate surface area is 240 Å². The highest BCUT2D eigenvalue weighted by Crippen LogP contribution is 2.48. The van der Waals surface area contributed by atoms with Gasteiger partial charge >= 0.3 is 5.97 Å². The van der Waals surface area contributed by atoms with E-state index in [1.54, 1.807) is 25.3 Å². The van der Waals surface area contributed by atoms with Crippen LogP contribution in [0.1, 0.15) is 58.6 Å². The Morgan fingerprint density at radius 3 is 2.24 bits per heavy atom. The first kappa shape index (κ1) is 28.2. The van der Waals surface area contributed by atoms with E-state index >= 15 is 0 Å². The molecule has 1 saturated heterocycles. The van der Waals surface area contributed by atoms with Gasteiger partial charge in [-0.25, -0.2) is 0 Å². The molecule has 3 aromatic rings. The molecule has 0 unspecified atom stereocenters. The summed E-state index contributed by atoms with van der Waals surface area (Å²) in [6.07, 6.45) is 2.31. The Hall–Kier alpha value is -4.33. The van der Waals surface area contributed by atoms with Gasteiger partial charge in [0.1, 0.15) is 16.9 Å². The van der Waals surface area contributed by atoms with E-state index in [9.17, 15) is 14.4 Å². The minimum Gasteiger partial charge on any atom is -0.497 e. The van der Waals surface area contributed by atoms with Crippen molar-refractivity contribution in [2.75, 3.05) is 34.4 Å². The number of likely N-dealkylation sites (tertiary alicyclic amines) is 1. The van der Waals surface area contributed by atoms with Crippen molar-refractivity contribution >= 4 is 17.8 Å². The maximum absolute atomic E-state index is 13.9. The molecule has 0 saturated carbocycles. The van der Waals surface area contributed by atoms with Crippen LogP contribution in [0.25, 0.3) is 0 Å². The second-order valence-electron chi connectivity index (χ2n) is 10.6. The van der Waals surface area contributed by atoms with E-state index in [-0.39, 0.29) is 29.7 Å². The monoisotopic (exact) mass is 556 g/mol. The SMILES string of the molecule is COC(=O)[C@]1(c2ccccc2)CC[C@@H](C(=O)N2CCC(NC(=O)c3cc(OC)ccc3OC)CC2)c2ccccc21. The van der Waals surface area contributed by atoms with Crippen LogP contribution in [0.4, 0.5) is 0 Å². The van der Waals surface area contributed by atoms with Gasteiger partial charge in [0.25, 0.3) is 5.91 Å². The zero-order valence-electron chi connectivity index (χ0n) is 23.7. The summed E-state index contributed by atoms with van der Waals surface area (Å²) in [6, 6.07) is 22.5. The number of benzene rings is 3. The zero-order chi connectivity index (χ0) is 29.0. The Morgan fingerprint density at radius 2 is 1.56 bits per heavy atom. The van der Waals surface area contributed by atoms with Gasteiger partial charge in [-0.1, -0.05) is 54.6 Å². The summed E-state index contributed by atoms with van der Waals surface area (Å²) in [5, 5.41) is 3.10. The first-order valence-corrected chi connectivity index (χ1v) is 14.0. The van der Waals surface area contributed by atoms with Crippen LogP contribution in [0.15, 0.2) is 72.8 Å². The summed E-state index contributed by atoms with van der Waals surface area (Å²) in [5.41, 5.74) is 2.03. The van der Waals surface area contributed by atoms with Crippen LogP contribution >= 0.6 is 0 Å². The van der Waals surface area contributed by atoms with Gasteiger partial charge in [0.05, 0.1) is 32.8 Å². The molecular formula is C33H36N2O6. The van der Waals surface area contributed by atoms with E-state index in [0.29, 0.717) is 55.8 Å². The average Bonchev–Trinajstić information content (AvgIpc) is 3.03. The first-order valence-electron chi connectivity index (χ1n) is 14.0. The van der Waals surface area contributed by atoms with Gasteiger partial charge < -0.3 is 24.4 Å². The molecule has 5 rings (SSSR count). The summed E-state index contributed by atoms with van der Waals surface area (Å²) in [5.74, 6) is 0.221. The Bertz CT molecular complexity index is 1420. The largest absolute Gasteiger partial charge is 0.497 e. The van der Waals surface area contributed by atoms with Gasteiger partial charge in [0.15, 0.2) is 0 Å². The predicted molar refractivity (Wildman–Crippen MR) is 154 cm³/mol. The van der Waals surface area contributed by atoms with Crippen molar-refractivity contribution < 1.29 is 28.6 Å². The van der Waals surface area contributed by atoms with Crippen molar-refractivity contribution in [3.05, 3.63) is 95.1 Å². The number of piperidine rings is 1. The number of nitrogens with zero attached hydrogens (tertiary/aromatic N) is 1. The topological polar surface area (TPSA) is 94.2 Å². The molecule has 1 aliphatic carbocycles. The molecule has 2 amide bonds. The number of hydrogen-bond donors (Lipinski definition) is 1. The molecular weight excluding hydrogens is 520 g/mol. The molecule has 2 atom stereocenters. The normalized spacial score (nSPS) is 20.5. The van der Waals surface area contributed by atoms with Crippen molar-refractivity contribution in [1.82, 2.24) is 10.2 Å². The molecule has 0 spiro atoms. The smallest absolute Gasteiger partial charge is 0.320 e. The number of methoxy groups -OCH3 is 3. The fourth-order valence-electron chi connectivity index (χ4n) is 6.34. The molecule has 41 heavy (non-hydrogen) atoms. The molecule has 1 N–H and O–H groups in total. The molecule has 214 valence electrons. The third-order valence-electron chi connectivity index (χ3n) is 8.50. The van der Waals surface area contributed by atoms with Gasteiger partial charge in [0.2, 0.25) is 5.91 Å². The fraction of sp³-hybridized carbons (Fsp3) is 0.364. The number of hydrogen-bond acceptors (Lipinski definition) is 6. The van der Waals surface area contributed by atoms with E-state index in [1.807, 2.05) is 59.5 Å². The average molecular weight is 557 g/mol. The van der Waals surface area contributed by atoms with E-state index in [2.05, 4.69) is 5.32 Å². The Kier molecular flexibility index (Phi) is 8.28. The summed E-state index contributed by atoms with van der Waals surface area (Å²) in [6.45, 7) is 1.08. The van der Waals surface area contributed by atoms with Crippen molar-refractivity contribution in [3.63, 3.8) is 0 Å². The van der Waals surface area contributed by atoms with Gasteiger partial charge in [-0.2, -0.15) is 0 Å². The number of carbonyl (C=O) groups excluding carboxylic acids is 3. The van der Waals surface area contributed by atoms with Crippen LogP contribution in [-0.4, -0.2) is 63.1 Å². The van der Waals surface area contributed by atoms with E-state index in [0.717, 1.165) is 16.7 Å². The second kappa shape index (κ2) is 12.0. The van der Waals surface area contributed by atoms with Gasteiger partial charge in [-0.15, -0.1) is 0 Å². The molecule has 3 aromatic carbocycles. The molecule has 1 heterocycles. The highest BCUT2D eigenvalue weighted by Gasteiger charge is 2.49.